The number of nitrogens with one attached hydrogen (secondary N) is 1. The molecule has 0 bridgehead atoms. The van der Waals surface area contributed by atoms with Crippen molar-refractivity contribution >= 4 is 40.9 Å². The number of hydrogen-bond acceptors (Lipinski definition) is 2. The molecule has 1 aromatic rings. The number of hydrogen-bond donors (Lipinski definition) is 1. The third kappa shape index (κ3) is 3.16. The fourth-order valence-corrected chi connectivity index (χ4v) is 2.70. The topological polar surface area (TPSA) is 32.3 Å². The molecular weight excluding hydrogens is 363 g/mol. The van der Waals surface area contributed by atoms with Gasteiger partial charge in [-0.25, -0.2) is 0 Å². The Labute approximate surface area is 128 Å². The summed E-state index contributed by atoms with van der Waals surface area (Å²) in [5.41, 5.74) is 2.00. The van der Waals surface area contributed by atoms with Crippen LogP contribution in [0.3, 0.4) is 0 Å². The van der Waals surface area contributed by atoms with Crippen LogP contribution in [0.5, 0.6) is 0 Å². The molecule has 0 radical (unpaired) electrons. The quantitative estimate of drug-likeness (QED) is 0.759. The van der Waals surface area contributed by atoms with Crippen LogP contribution in [0.2, 0.25) is 0 Å². The van der Waals surface area contributed by atoms with Crippen LogP contribution >= 0.6 is 35.0 Å². The fourth-order valence-electron chi connectivity index (χ4n) is 2.11. The lowest BCUT2D eigenvalue weighted by atomic mass is 10.1. The average molecular weight is 381 g/mol. The number of nitrogens with zero attached hydrogens (tertiary/aromatic N) is 1. The van der Waals surface area contributed by atoms with E-state index in [4.69, 9.17) is 0 Å². The zero-order chi connectivity index (χ0) is 12.4. The summed E-state index contributed by atoms with van der Waals surface area (Å²) in [6, 6.07) is 6.19. The van der Waals surface area contributed by atoms with Crippen LogP contribution < -0.4 is 5.32 Å². The van der Waals surface area contributed by atoms with E-state index in [1.54, 1.807) is 0 Å². The third-order valence-electron chi connectivity index (χ3n) is 3.18. The van der Waals surface area contributed by atoms with Gasteiger partial charge in [0.1, 0.15) is 0 Å². The monoisotopic (exact) mass is 380 g/mol. The van der Waals surface area contributed by atoms with Gasteiger partial charge in [0.15, 0.2) is 0 Å². The molecule has 3 nitrogen and oxygen atoms in total. The van der Waals surface area contributed by atoms with Crippen molar-refractivity contribution < 1.29 is 4.79 Å². The second-order valence-corrected chi connectivity index (χ2v) is 5.57. The van der Waals surface area contributed by atoms with Crippen LogP contribution in [0.25, 0.3) is 0 Å². The summed E-state index contributed by atoms with van der Waals surface area (Å²) in [5.74, 6) is 0.159. The molecule has 2 rings (SSSR count). The number of piperazine rings is 1. The first kappa shape index (κ1) is 15.7. The average Bonchev–Trinajstić information content (AvgIpc) is 2.32. The van der Waals surface area contributed by atoms with E-state index in [1.807, 2.05) is 30.0 Å². The molecule has 100 valence electrons. The van der Waals surface area contributed by atoms with E-state index in [1.165, 1.54) is 5.56 Å². The van der Waals surface area contributed by atoms with Gasteiger partial charge in [0.2, 0.25) is 0 Å². The molecule has 1 N–H and O–H groups in total. The van der Waals surface area contributed by atoms with Gasteiger partial charge in [0, 0.05) is 29.2 Å². The molecule has 18 heavy (non-hydrogen) atoms. The Morgan fingerprint density at radius 3 is 2.89 bits per heavy atom. The highest BCUT2D eigenvalue weighted by Gasteiger charge is 2.25. The predicted molar refractivity (Wildman–Crippen MR) is 84.5 cm³/mol. The van der Waals surface area contributed by atoms with Crippen LogP contribution in [0.15, 0.2) is 18.2 Å². The second-order valence-electron chi connectivity index (χ2n) is 4.49. The van der Waals surface area contributed by atoms with Crippen molar-refractivity contribution in [3.8, 4) is 0 Å². The van der Waals surface area contributed by atoms with Crippen molar-refractivity contribution in [1.29, 1.82) is 0 Å². The van der Waals surface area contributed by atoms with Crippen molar-refractivity contribution in [2.24, 2.45) is 0 Å². The summed E-state index contributed by atoms with van der Waals surface area (Å²) in [4.78, 5) is 14.4. The first-order valence-electron chi connectivity index (χ1n) is 5.88. The summed E-state index contributed by atoms with van der Waals surface area (Å²) >= 11 is 2.26. The predicted octanol–water partition coefficient (Wildman–Crippen LogP) is 2.46. The highest BCUT2D eigenvalue weighted by Crippen LogP contribution is 2.19. The molecule has 1 aliphatic rings. The van der Waals surface area contributed by atoms with Crippen LogP contribution in [0.1, 0.15) is 22.8 Å². The van der Waals surface area contributed by atoms with E-state index >= 15 is 0 Å². The standard InChI is InChI=1S/C13H17IN2O.ClH/c1-9-4-3-5-11(12(9)14)13(17)16-7-6-15-8-10(16)2;/h3-5,10,15H,6-8H2,1-2H3;1H/t10-;/m0./s1. The molecule has 0 saturated carbocycles. The fraction of sp³-hybridized carbons (Fsp3) is 0.462. The van der Waals surface area contributed by atoms with Gasteiger partial charge in [-0.3, -0.25) is 4.79 Å². The molecule has 1 fully saturated rings. The number of benzene rings is 1. The highest BCUT2D eigenvalue weighted by molar-refractivity contribution is 14.1. The van der Waals surface area contributed by atoms with Gasteiger partial charge in [-0.2, -0.15) is 0 Å². The van der Waals surface area contributed by atoms with E-state index in [-0.39, 0.29) is 24.4 Å². The van der Waals surface area contributed by atoms with E-state index in [0.717, 1.165) is 28.8 Å². The van der Waals surface area contributed by atoms with Crippen LogP contribution in [-0.4, -0.2) is 36.5 Å². The highest BCUT2D eigenvalue weighted by atomic mass is 127. The molecular formula is C13H18ClIN2O. The van der Waals surface area contributed by atoms with Crippen molar-refractivity contribution in [2.75, 3.05) is 19.6 Å². The molecule has 1 aliphatic heterocycles. The Hall–Kier alpha value is -0.330. The Morgan fingerprint density at radius 1 is 1.50 bits per heavy atom. The van der Waals surface area contributed by atoms with Crippen LogP contribution in [-0.2, 0) is 0 Å². The Balaban J connectivity index is 0.00000162. The lowest BCUT2D eigenvalue weighted by Crippen LogP contribution is -2.52. The molecule has 5 heteroatoms. The maximum Gasteiger partial charge on any atom is 0.255 e. The van der Waals surface area contributed by atoms with E-state index < -0.39 is 0 Å². The zero-order valence-electron chi connectivity index (χ0n) is 10.6. The van der Waals surface area contributed by atoms with Gasteiger partial charge >= 0.3 is 0 Å². The van der Waals surface area contributed by atoms with Crippen molar-refractivity contribution in [2.45, 2.75) is 19.9 Å². The number of amides is 1. The molecule has 1 saturated heterocycles. The van der Waals surface area contributed by atoms with Crippen LogP contribution in [0.4, 0.5) is 0 Å². The minimum atomic E-state index is 0. The van der Waals surface area contributed by atoms with Crippen molar-refractivity contribution in [1.82, 2.24) is 10.2 Å². The smallest absolute Gasteiger partial charge is 0.255 e. The molecule has 0 aromatic heterocycles. The second kappa shape index (κ2) is 6.73. The van der Waals surface area contributed by atoms with Gasteiger partial charge in [-0.15, -0.1) is 12.4 Å². The maximum atomic E-state index is 12.5. The first-order valence-corrected chi connectivity index (χ1v) is 6.96. The molecule has 1 atom stereocenters. The van der Waals surface area contributed by atoms with Gasteiger partial charge in [-0.1, -0.05) is 12.1 Å². The van der Waals surface area contributed by atoms with E-state index in [2.05, 4.69) is 34.8 Å². The van der Waals surface area contributed by atoms with E-state index in [9.17, 15) is 4.79 Å². The first-order chi connectivity index (χ1) is 8.11. The van der Waals surface area contributed by atoms with Crippen LogP contribution in [0, 0.1) is 10.5 Å². The van der Waals surface area contributed by atoms with Crippen molar-refractivity contribution in [3.63, 3.8) is 0 Å². The van der Waals surface area contributed by atoms with Crippen molar-refractivity contribution in [3.05, 3.63) is 32.9 Å². The summed E-state index contributed by atoms with van der Waals surface area (Å²) in [5, 5.41) is 3.30. The summed E-state index contributed by atoms with van der Waals surface area (Å²) in [7, 11) is 0. The number of carbonyl (C=O) groups is 1. The number of rotatable bonds is 1. The minimum absolute atomic E-state index is 0. The van der Waals surface area contributed by atoms with Gasteiger partial charge in [0.05, 0.1) is 5.56 Å². The Morgan fingerprint density at radius 2 is 2.22 bits per heavy atom. The zero-order valence-corrected chi connectivity index (χ0v) is 13.5. The molecule has 0 unspecified atom stereocenters. The third-order valence-corrected chi connectivity index (χ3v) is 4.62. The van der Waals surface area contributed by atoms with Gasteiger partial charge in [-0.05, 0) is 48.1 Å². The molecule has 0 spiro atoms. The lowest BCUT2D eigenvalue weighted by molar-refractivity contribution is 0.0654. The summed E-state index contributed by atoms with van der Waals surface area (Å²) < 4.78 is 1.07. The Bertz CT molecular complexity index is 439. The summed E-state index contributed by atoms with van der Waals surface area (Å²) in [6.07, 6.45) is 0. The number of carbonyl (C=O) groups excluding carboxylic acids is 1. The summed E-state index contributed by atoms with van der Waals surface area (Å²) in [6.45, 7) is 6.70. The number of aryl methyl sites for hydroxylation is 1. The molecule has 1 heterocycles. The SMILES string of the molecule is Cc1cccc(C(=O)N2CCNC[C@@H]2C)c1I.Cl. The van der Waals surface area contributed by atoms with E-state index in [0.29, 0.717) is 0 Å². The number of halogens is 2. The minimum Gasteiger partial charge on any atom is -0.333 e. The molecule has 0 aliphatic carbocycles. The van der Waals surface area contributed by atoms with Gasteiger partial charge in [0.25, 0.3) is 5.91 Å². The molecule has 1 aromatic carbocycles. The van der Waals surface area contributed by atoms with Gasteiger partial charge < -0.3 is 10.2 Å². The lowest BCUT2D eigenvalue weighted by Gasteiger charge is -2.34. The molecule has 1 amide bonds. The maximum absolute atomic E-state index is 12.5. The Kier molecular flexibility index (Phi) is 5.88. The largest absolute Gasteiger partial charge is 0.333 e. The normalized spacial score (nSPS) is 19.3.